The lowest BCUT2D eigenvalue weighted by atomic mass is 10.3. The second kappa shape index (κ2) is 4.76. The maximum atomic E-state index is 11.5. The molecule has 0 fully saturated rings. The molecule has 0 saturated heterocycles. The number of oxazole rings is 1. The van der Waals surface area contributed by atoms with E-state index in [2.05, 4.69) is 10.3 Å². The van der Waals surface area contributed by atoms with Crippen molar-refractivity contribution >= 4 is 5.91 Å². The summed E-state index contributed by atoms with van der Waals surface area (Å²) in [6.07, 6.45) is 1.34. The number of amides is 1. The number of carbonyl (C=O) groups excluding carboxylic acids is 1. The Labute approximate surface area is 82.5 Å². The summed E-state index contributed by atoms with van der Waals surface area (Å²) in [6.45, 7) is 4.02. The predicted molar refractivity (Wildman–Crippen MR) is 50.0 cm³/mol. The van der Waals surface area contributed by atoms with E-state index >= 15 is 0 Å². The Morgan fingerprint density at radius 3 is 3.00 bits per heavy atom. The third-order valence-electron chi connectivity index (χ3n) is 1.65. The monoisotopic (exact) mass is 198 g/mol. The maximum absolute atomic E-state index is 11.5. The van der Waals surface area contributed by atoms with Crippen LogP contribution in [0.4, 0.5) is 0 Å². The van der Waals surface area contributed by atoms with E-state index in [0.717, 1.165) is 0 Å². The number of nitrogens with one attached hydrogen (secondary N) is 1. The van der Waals surface area contributed by atoms with Gasteiger partial charge in [-0.05, 0) is 6.92 Å². The summed E-state index contributed by atoms with van der Waals surface area (Å²) in [4.78, 5) is 15.4. The van der Waals surface area contributed by atoms with Gasteiger partial charge in [0.15, 0.2) is 11.6 Å². The number of hydrogen-bond acceptors (Lipinski definition) is 4. The van der Waals surface area contributed by atoms with Crippen molar-refractivity contribution in [2.24, 2.45) is 0 Å². The van der Waals surface area contributed by atoms with Crippen LogP contribution >= 0.6 is 0 Å². The topological polar surface area (TPSA) is 64.4 Å². The normalized spacial score (nSPS) is 12.5. The highest BCUT2D eigenvalue weighted by atomic mass is 16.5. The minimum Gasteiger partial charge on any atom is -0.448 e. The number of methoxy groups -OCH3 is 1. The standard InChI is InChI=1S/C9H14N2O3/c1-6(4-13-3)10-9(12)8-5-14-7(2)11-8/h5-6H,4H2,1-3H3,(H,10,12)/t6-/m0/s1. The molecule has 14 heavy (non-hydrogen) atoms. The van der Waals surface area contributed by atoms with Crippen LogP contribution in [0, 0.1) is 6.92 Å². The summed E-state index contributed by atoms with van der Waals surface area (Å²) < 4.78 is 9.81. The van der Waals surface area contributed by atoms with Crippen LogP contribution in [0.25, 0.3) is 0 Å². The number of nitrogens with zero attached hydrogens (tertiary/aromatic N) is 1. The van der Waals surface area contributed by atoms with Crippen molar-refractivity contribution in [3.8, 4) is 0 Å². The zero-order valence-electron chi connectivity index (χ0n) is 8.53. The van der Waals surface area contributed by atoms with Gasteiger partial charge in [-0.2, -0.15) is 0 Å². The van der Waals surface area contributed by atoms with Crippen molar-refractivity contribution in [1.82, 2.24) is 10.3 Å². The van der Waals surface area contributed by atoms with Crippen LogP contribution in [-0.4, -0.2) is 30.6 Å². The molecule has 0 aliphatic carbocycles. The molecule has 0 radical (unpaired) electrons. The smallest absolute Gasteiger partial charge is 0.273 e. The molecule has 0 saturated carbocycles. The molecule has 5 heteroatoms. The first-order valence-corrected chi connectivity index (χ1v) is 4.35. The lowest BCUT2D eigenvalue weighted by Gasteiger charge is -2.10. The average molecular weight is 198 g/mol. The van der Waals surface area contributed by atoms with Gasteiger partial charge in [0.2, 0.25) is 0 Å². The minimum atomic E-state index is -0.244. The van der Waals surface area contributed by atoms with Gasteiger partial charge >= 0.3 is 0 Å². The fourth-order valence-electron chi connectivity index (χ4n) is 1.06. The van der Waals surface area contributed by atoms with Gasteiger partial charge in [-0.15, -0.1) is 0 Å². The average Bonchev–Trinajstić information content (AvgIpc) is 2.52. The predicted octanol–water partition coefficient (Wildman–Crippen LogP) is 0.748. The molecule has 1 rings (SSSR count). The first kappa shape index (κ1) is 10.7. The van der Waals surface area contributed by atoms with Crippen molar-refractivity contribution in [3.63, 3.8) is 0 Å². The van der Waals surface area contributed by atoms with Crippen molar-refractivity contribution in [3.05, 3.63) is 17.8 Å². The largest absolute Gasteiger partial charge is 0.448 e. The van der Waals surface area contributed by atoms with Crippen molar-refractivity contribution in [2.75, 3.05) is 13.7 Å². The molecule has 0 aliphatic heterocycles. The van der Waals surface area contributed by atoms with Crippen LogP contribution in [0.1, 0.15) is 23.3 Å². The number of carbonyl (C=O) groups is 1. The number of aryl methyl sites for hydroxylation is 1. The van der Waals surface area contributed by atoms with Crippen LogP contribution in [0.3, 0.4) is 0 Å². The molecule has 1 aromatic heterocycles. The first-order valence-electron chi connectivity index (χ1n) is 4.35. The third kappa shape index (κ3) is 2.85. The Morgan fingerprint density at radius 1 is 1.79 bits per heavy atom. The number of ether oxygens (including phenoxy) is 1. The Morgan fingerprint density at radius 2 is 2.50 bits per heavy atom. The molecule has 0 aromatic carbocycles. The van der Waals surface area contributed by atoms with E-state index in [4.69, 9.17) is 9.15 Å². The van der Waals surface area contributed by atoms with Crippen LogP contribution in [0.5, 0.6) is 0 Å². The van der Waals surface area contributed by atoms with E-state index < -0.39 is 0 Å². The van der Waals surface area contributed by atoms with Crippen LogP contribution in [-0.2, 0) is 4.74 Å². The molecule has 1 atom stereocenters. The number of aromatic nitrogens is 1. The maximum Gasteiger partial charge on any atom is 0.273 e. The van der Waals surface area contributed by atoms with E-state index in [1.807, 2.05) is 6.92 Å². The quantitative estimate of drug-likeness (QED) is 0.775. The zero-order chi connectivity index (χ0) is 10.6. The van der Waals surface area contributed by atoms with Gasteiger partial charge < -0.3 is 14.5 Å². The Kier molecular flexibility index (Phi) is 3.64. The molecule has 0 unspecified atom stereocenters. The van der Waals surface area contributed by atoms with Gasteiger partial charge in [0.05, 0.1) is 6.61 Å². The van der Waals surface area contributed by atoms with Crippen LogP contribution in [0.15, 0.2) is 10.7 Å². The van der Waals surface area contributed by atoms with Crippen LogP contribution in [0.2, 0.25) is 0 Å². The van der Waals surface area contributed by atoms with Crippen molar-refractivity contribution in [2.45, 2.75) is 19.9 Å². The van der Waals surface area contributed by atoms with E-state index in [9.17, 15) is 4.79 Å². The van der Waals surface area contributed by atoms with E-state index in [1.165, 1.54) is 6.26 Å². The lowest BCUT2D eigenvalue weighted by Crippen LogP contribution is -2.35. The van der Waals surface area contributed by atoms with E-state index in [-0.39, 0.29) is 11.9 Å². The Hall–Kier alpha value is -1.36. The van der Waals surface area contributed by atoms with Gasteiger partial charge in [-0.1, -0.05) is 0 Å². The fourth-order valence-corrected chi connectivity index (χ4v) is 1.06. The number of hydrogen-bond donors (Lipinski definition) is 1. The molecule has 1 N–H and O–H groups in total. The molecule has 1 aromatic rings. The molecule has 0 aliphatic rings. The molecular formula is C9H14N2O3. The first-order chi connectivity index (χ1) is 6.63. The zero-order valence-corrected chi connectivity index (χ0v) is 8.53. The molecule has 1 heterocycles. The highest BCUT2D eigenvalue weighted by Crippen LogP contribution is 2.00. The summed E-state index contributed by atoms with van der Waals surface area (Å²) in [7, 11) is 1.59. The fraction of sp³-hybridized carbons (Fsp3) is 0.556. The Balaban J connectivity index is 2.50. The summed E-state index contributed by atoms with van der Waals surface area (Å²) in [5.41, 5.74) is 0.297. The van der Waals surface area contributed by atoms with E-state index in [1.54, 1.807) is 14.0 Å². The third-order valence-corrected chi connectivity index (χ3v) is 1.65. The number of rotatable bonds is 4. The molecular weight excluding hydrogens is 184 g/mol. The Bertz CT molecular complexity index is 309. The molecule has 0 bridgehead atoms. The van der Waals surface area contributed by atoms with Gasteiger partial charge in [-0.3, -0.25) is 4.79 Å². The molecule has 78 valence electrons. The second-order valence-electron chi connectivity index (χ2n) is 3.08. The van der Waals surface area contributed by atoms with Gasteiger partial charge in [0.25, 0.3) is 5.91 Å². The van der Waals surface area contributed by atoms with Crippen molar-refractivity contribution < 1.29 is 13.9 Å². The van der Waals surface area contributed by atoms with Gasteiger partial charge in [-0.25, -0.2) is 4.98 Å². The molecule has 5 nitrogen and oxygen atoms in total. The highest BCUT2D eigenvalue weighted by Gasteiger charge is 2.12. The van der Waals surface area contributed by atoms with Gasteiger partial charge in [0.1, 0.15) is 6.26 Å². The molecule has 0 spiro atoms. The van der Waals surface area contributed by atoms with E-state index in [0.29, 0.717) is 18.2 Å². The SMILES string of the molecule is COC[C@H](C)NC(=O)c1coc(C)n1. The summed E-state index contributed by atoms with van der Waals surface area (Å²) in [6, 6.07) is -0.0375. The van der Waals surface area contributed by atoms with Crippen LogP contribution < -0.4 is 5.32 Å². The van der Waals surface area contributed by atoms with Gasteiger partial charge in [0, 0.05) is 20.1 Å². The minimum absolute atomic E-state index is 0.0375. The second-order valence-corrected chi connectivity index (χ2v) is 3.08. The van der Waals surface area contributed by atoms with Crippen molar-refractivity contribution in [1.29, 1.82) is 0 Å². The summed E-state index contributed by atoms with van der Waals surface area (Å²) >= 11 is 0. The molecule has 1 amide bonds. The summed E-state index contributed by atoms with van der Waals surface area (Å²) in [5.74, 6) is 0.237. The lowest BCUT2D eigenvalue weighted by molar-refractivity contribution is 0.0900. The summed E-state index contributed by atoms with van der Waals surface area (Å²) in [5, 5.41) is 2.72. The highest BCUT2D eigenvalue weighted by molar-refractivity contribution is 5.92.